The van der Waals surface area contributed by atoms with Gasteiger partial charge in [0.25, 0.3) is 0 Å². The Morgan fingerprint density at radius 2 is 1.86 bits per heavy atom. The molecule has 0 unspecified atom stereocenters. The second-order valence-electron chi connectivity index (χ2n) is 4.17. The number of carbonyl (C=O) groups is 4. The summed E-state index contributed by atoms with van der Waals surface area (Å²) in [6, 6.07) is 6.20. The number of methoxy groups -OCH3 is 1. The van der Waals surface area contributed by atoms with Gasteiger partial charge in [0.1, 0.15) is 0 Å². The molecule has 0 aromatic heterocycles. The average molecular weight is 307 g/mol. The number of hydrogen-bond acceptors (Lipinski definition) is 5. The zero-order valence-electron chi connectivity index (χ0n) is 12.0. The Labute approximate surface area is 127 Å². The average Bonchev–Trinajstić information content (AvgIpc) is 2.54. The minimum Gasteiger partial charge on any atom is -0.465 e. The van der Waals surface area contributed by atoms with Crippen LogP contribution in [0.4, 0.5) is 5.69 Å². The molecule has 0 spiro atoms. The highest BCUT2D eigenvalue weighted by Gasteiger charge is 2.17. The number of nitrogens with one attached hydrogen (secondary N) is 3. The first-order valence-corrected chi connectivity index (χ1v) is 6.53. The molecule has 118 valence electrons. The summed E-state index contributed by atoms with van der Waals surface area (Å²) in [5.41, 5.74) is 0.346. The van der Waals surface area contributed by atoms with E-state index in [1.807, 2.05) is 0 Å². The molecule has 0 aliphatic heterocycles. The molecular formula is C14H17N3O5. The Hall–Kier alpha value is -2.90. The van der Waals surface area contributed by atoms with E-state index >= 15 is 0 Å². The van der Waals surface area contributed by atoms with E-state index in [4.69, 9.17) is 0 Å². The Morgan fingerprint density at radius 1 is 1.14 bits per heavy atom. The molecule has 3 amide bonds. The number of benzene rings is 1. The lowest BCUT2D eigenvalue weighted by Gasteiger charge is -2.09. The zero-order valence-corrected chi connectivity index (χ0v) is 12.0. The van der Waals surface area contributed by atoms with E-state index in [1.165, 1.54) is 19.2 Å². The van der Waals surface area contributed by atoms with Gasteiger partial charge in [0.2, 0.25) is 6.41 Å². The summed E-state index contributed by atoms with van der Waals surface area (Å²) in [7, 11) is 1.22. The highest BCUT2D eigenvalue weighted by atomic mass is 16.5. The number of esters is 1. The van der Waals surface area contributed by atoms with Gasteiger partial charge in [-0.25, -0.2) is 4.79 Å². The molecule has 0 fully saturated rings. The fraction of sp³-hybridized carbons (Fsp3) is 0.286. The van der Waals surface area contributed by atoms with E-state index in [9.17, 15) is 19.2 Å². The summed E-state index contributed by atoms with van der Waals surface area (Å²) < 4.78 is 4.60. The van der Waals surface area contributed by atoms with Crippen LogP contribution >= 0.6 is 0 Å². The summed E-state index contributed by atoms with van der Waals surface area (Å²) in [5.74, 6) is -2.33. The van der Waals surface area contributed by atoms with Gasteiger partial charge in [-0.1, -0.05) is 12.1 Å². The SMILES string of the molecule is COC(=O)c1ccccc1NC(=O)C(=O)NCCCNC=O. The van der Waals surface area contributed by atoms with Crippen LogP contribution in [0.5, 0.6) is 0 Å². The molecule has 0 radical (unpaired) electrons. The molecule has 3 N–H and O–H groups in total. The first kappa shape index (κ1) is 17.2. The van der Waals surface area contributed by atoms with Gasteiger partial charge >= 0.3 is 17.8 Å². The van der Waals surface area contributed by atoms with Crippen molar-refractivity contribution < 1.29 is 23.9 Å². The monoisotopic (exact) mass is 307 g/mol. The molecule has 0 aliphatic rings. The van der Waals surface area contributed by atoms with Crippen molar-refractivity contribution in [2.24, 2.45) is 0 Å². The molecule has 8 heteroatoms. The largest absolute Gasteiger partial charge is 0.465 e. The van der Waals surface area contributed by atoms with Crippen LogP contribution in [0.3, 0.4) is 0 Å². The topological polar surface area (TPSA) is 114 Å². The van der Waals surface area contributed by atoms with Crippen molar-refractivity contribution in [2.75, 3.05) is 25.5 Å². The lowest BCUT2D eigenvalue weighted by atomic mass is 10.2. The molecule has 0 bridgehead atoms. The number of para-hydroxylation sites is 1. The summed E-state index contributed by atoms with van der Waals surface area (Å²) in [6.07, 6.45) is 1.05. The van der Waals surface area contributed by atoms with Crippen LogP contribution < -0.4 is 16.0 Å². The second-order valence-corrected chi connectivity index (χ2v) is 4.17. The van der Waals surface area contributed by atoms with Crippen LogP contribution in [0.1, 0.15) is 16.8 Å². The highest BCUT2D eigenvalue weighted by molar-refractivity contribution is 6.40. The maximum Gasteiger partial charge on any atom is 0.339 e. The normalized spacial score (nSPS) is 9.50. The van der Waals surface area contributed by atoms with Crippen molar-refractivity contribution in [3.63, 3.8) is 0 Å². The Morgan fingerprint density at radius 3 is 2.55 bits per heavy atom. The van der Waals surface area contributed by atoms with Gasteiger partial charge in [0, 0.05) is 13.1 Å². The first-order chi connectivity index (χ1) is 10.6. The summed E-state index contributed by atoms with van der Waals surface area (Å²) >= 11 is 0. The quantitative estimate of drug-likeness (QED) is 0.276. The van der Waals surface area contributed by atoms with Crippen LogP contribution in [-0.2, 0) is 19.1 Å². The van der Waals surface area contributed by atoms with E-state index in [1.54, 1.807) is 12.1 Å². The van der Waals surface area contributed by atoms with Crippen molar-refractivity contribution >= 4 is 29.9 Å². The summed E-state index contributed by atoms with van der Waals surface area (Å²) in [5, 5.41) is 7.19. The molecule has 0 saturated carbocycles. The maximum absolute atomic E-state index is 11.7. The molecular weight excluding hydrogens is 290 g/mol. The molecule has 22 heavy (non-hydrogen) atoms. The molecule has 8 nitrogen and oxygen atoms in total. The predicted molar refractivity (Wildman–Crippen MR) is 78.1 cm³/mol. The van der Waals surface area contributed by atoms with Gasteiger partial charge in [-0.05, 0) is 18.6 Å². The predicted octanol–water partition coefficient (Wildman–Crippen LogP) is -0.336. The van der Waals surface area contributed by atoms with Gasteiger partial charge in [-0.15, -0.1) is 0 Å². The molecule has 0 heterocycles. The number of rotatable bonds is 7. The maximum atomic E-state index is 11.7. The number of hydrogen-bond donors (Lipinski definition) is 3. The van der Waals surface area contributed by atoms with Crippen LogP contribution in [0.2, 0.25) is 0 Å². The van der Waals surface area contributed by atoms with Gasteiger partial charge in [-0.3, -0.25) is 14.4 Å². The van der Waals surface area contributed by atoms with Crippen molar-refractivity contribution in [3.05, 3.63) is 29.8 Å². The molecule has 1 aromatic rings. The van der Waals surface area contributed by atoms with Crippen molar-refractivity contribution in [1.29, 1.82) is 0 Å². The lowest BCUT2D eigenvalue weighted by molar-refractivity contribution is -0.136. The van der Waals surface area contributed by atoms with Crippen molar-refractivity contribution in [3.8, 4) is 0 Å². The van der Waals surface area contributed by atoms with E-state index in [0.717, 1.165) is 0 Å². The van der Waals surface area contributed by atoms with E-state index in [2.05, 4.69) is 20.7 Å². The Bertz CT molecular complexity index is 559. The third-order valence-electron chi connectivity index (χ3n) is 2.65. The smallest absolute Gasteiger partial charge is 0.339 e. The standard InChI is InChI=1S/C14H17N3O5/c1-22-14(21)10-5-2-3-6-11(10)17-13(20)12(19)16-8-4-7-15-9-18/h2-3,5-6,9H,4,7-8H2,1H3,(H,15,18)(H,16,19)(H,17,20). The van der Waals surface area contributed by atoms with Gasteiger partial charge < -0.3 is 20.7 Å². The first-order valence-electron chi connectivity index (χ1n) is 6.53. The van der Waals surface area contributed by atoms with E-state index in [0.29, 0.717) is 19.4 Å². The van der Waals surface area contributed by atoms with Crippen molar-refractivity contribution in [1.82, 2.24) is 10.6 Å². The Kier molecular flexibility index (Phi) is 7.10. The number of carbonyl (C=O) groups excluding carboxylic acids is 4. The fourth-order valence-corrected chi connectivity index (χ4v) is 1.59. The van der Waals surface area contributed by atoms with Crippen LogP contribution in [0, 0.1) is 0 Å². The van der Waals surface area contributed by atoms with Crippen LogP contribution in [0.25, 0.3) is 0 Å². The van der Waals surface area contributed by atoms with E-state index < -0.39 is 17.8 Å². The number of anilines is 1. The number of ether oxygens (including phenoxy) is 1. The molecule has 1 rings (SSSR count). The third kappa shape index (κ3) is 5.23. The Balaban J connectivity index is 2.56. The van der Waals surface area contributed by atoms with Gasteiger partial charge in [0.15, 0.2) is 0 Å². The molecule has 0 saturated heterocycles. The van der Waals surface area contributed by atoms with Gasteiger partial charge in [-0.2, -0.15) is 0 Å². The lowest BCUT2D eigenvalue weighted by Crippen LogP contribution is -2.37. The minimum absolute atomic E-state index is 0.154. The highest BCUT2D eigenvalue weighted by Crippen LogP contribution is 2.15. The van der Waals surface area contributed by atoms with Crippen LogP contribution in [0.15, 0.2) is 24.3 Å². The summed E-state index contributed by atoms with van der Waals surface area (Å²) in [6.45, 7) is 0.641. The molecule has 0 atom stereocenters. The molecule has 1 aromatic carbocycles. The van der Waals surface area contributed by atoms with Crippen molar-refractivity contribution in [2.45, 2.75) is 6.42 Å². The van der Waals surface area contributed by atoms with E-state index in [-0.39, 0.29) is 17.8 Å². The number of amides is 3. The summed E-state index contributed by atoms with van der Waals surface area (Å²) in [4.78, 5) is 44.9. The minimum atomic E-state index is -0.889. The zero-order chi connectivity index (χ0) is 16.4. The molecule has 0 aliphatic carbocycles. The fourth-order valence-electron chi connectivity index (χ4n) is 1.59. The third-order valence-corrected chi connectivity index (χ3v) is 2.65. The van der Waals surface area contributed by atoms with Gasteiger partial charge in [0.05, 0.1) is 18.4 Å². The van der Waals surface area contributed by atoms with Crippen LogP contribution in [-0.4, -0.2) is 44.4 Å². The second kappa shape index (κ2) is 9.11.